The van der Waals surface area contributed by atoms with Crippen LogP contribution in [0.1, 0.15) is 5.56 Å². The Hall–Kier alpha value is -2.69. The zero-order valence-electron chi connectivity index (χ0n) is 16.0. The Labute approximate surface area is 168 Å². The number of benzene rings is 2. The summed E-state index contributed by atoms with van der Waals surface area (Å²) in [5, 5.41) is 7.97. The molecule has 0 bridgehead atoms. The van der Waals surface area contributed by atoms with Gasteiger partial charge in [-0.3, -0.25) is 0 Å². The van der Waals surface area contributed by atoms with Crippen LogP contribution in [-0.2, 0) is 14.8 Å². The van der Waals surface area contributed by atoms with Crippen molar-refractivity contribution in [2.45, 2.75) is 11.8 Å². The summed E-state index contributed by atoms with van der Waals surface area (Å²) in [4.78, 5) is 7.01. The highest BCUT2D eigenvalue weighted by atomic mass is 32.2. The lowest BCUT2D eigenvalue weighted by molar-refractivity contribution is 0.0639. The average Bonchev–Trinajstić information content (AvgIpc) is 3.15. The number of rotatable bonds is 7. The molecule has 0 aliphatic carbocycles. The lowest BCUT2D eigenvalue weighted by atomic mass is 10.2. The normalized spacial score (nSPS) is 15.5. The van der Waals surface area contributed by atoms with Crippen molar-refractivity contribution >= 4 is 21.1 Å². The quantitative estimate of drug-likeness (QED) is 0.533. The monoisotopic (exact) mass is 418 g/mol. The highest BCUT2D eigenvalue weighted by Crippen LogP contribution is 2.21. The molecular weight excluding hydrogens is 396 g/mol. The number of fused-ring (bicyclic) bond motifs is 1. The van der Waals surface area contributed by atoms with Gasteiger partial charge in [-0.05, 0) is 42.5 Å². The van der Waals surface area contributed by atoms with Gasteiger partial charge < -0.3 is 14.3 Å². The number of aryl methyl sites for hydroxylation is 1. The first-order valence-corrected chi connectivity index (χ1v) is 10.7. The fraction of sp³-hybridized carbons (Fsp3) is 0.368. The van der Waals surface area contributed by atoms with Crippen molar-refractivity contribution in [3.63, 3.8) is 0 Å². The van der Waals surface area contributed by atoms with Crippen molar-refractivity contribution in [2.24, 2.45) is 0 Å². The molecule has 154 valence electrons. The number of ether oxygens (including phenoxy) is 2. The third-order valence-corrected chi connectivity index (χ3v) is 6.48. The molecule has 0 atom stereocenters. The van der Waals surface area contributed by atoms with Gasteiger partial charge in [0.15, 0.2) is 6.61 Å². The van der Waals surface area contributed by atoms with Crippen LogP contribution in [0.4, 0.5) is 0 Å². The zero-order valence-corrected chi connectivity index (χ0v) is 16.8. The van der Waals surface area contributed by atoms with Gasteiger partial charge in [0.05, 0.1) is 18.1 Å². The lowest BCUT2D eigenvalue weighted by Gasteiger charge is -2.26. The second-order valence-corrected chi connectivity index (χ2v) is 8.56. The third kappa shape index (κ3) is 4.34. The van der Waals surface area contributed by atoms with Crippen molar-refractivity contribution in [3.8, 4) is 5.75 Å². The van der Waals surface area contributed by atoms with Gasteiger partial charge in [-0.15, -0.1) is 5.10 Å². The Balaban J connectivity index is 1.44. The van der Waals surface area contributed by atoms with E-state index in [1.807, 2.05) is 31.2 Å². The predicted molar refractivity (Wildman–Crippen MR) is 105 cm³/mol. The van der Waals surface area contributed by atoms with Crippen LogP contribution in [0.5, 0.6) is 5.75 Å². The third-order valence-electron chi connectivity index (χ3n) is 4.58. The largest absolute Gasteiger partial charge is 0.490 e. The Bertz CT molecular complexity index is 1080. The standard InChI is InChI=1S/C19H22N4O5S/c1-15-2-4-16(5-3-15)27-12-13-28-23-19-14-17(6-7-18(19)20-21-23)29(24,25)22-8-10-26-11-9-22/h2-7,14H,8-13H2,1H3. The molecule has 0 radical (unpaired) electrons. The molecule has 3 aromatic rings. The summed E-state index contributed by atoms with van der Waals surface area (Å²) in [5.74, 6) is 0.751. The van der Waals surface area contributed by atoms with E-state index in [0.29, 0.717) is 43.9 Å². The molecule has 4 rings (SSSR count). The molecule has 1 aromatic heterocycles. The van der Waals surface area contributed by atoms with Crippen molar-refractivity contribution < 1.29 is 22.7 Å². The first-order valence-electron chi connectivity index (χ1n) is 9.30. The molecule has 0 N–H and O–H groups in total. The van der Waals surface area contributed by atoms with Crippen molar-refractivity contribution in [3.05, 3.63) is 48.0 Å². The average molecular weight is 418 g/mol. The molecule has 2 aromatic carbocycles. The molecule has 1 aliphatic heterocycles. The SMILES string of the molecule is Cc1ccc(OCCOn2nnc3ccc(S(=O)(=O)N4CCOCC4)cc32)cc1. The molecule has 0 saturated carbocycles. The highest BCUT2D eigenvalue weighted by Gasteiger charge is 2.27. The topological polar surface area (TPSA) is 95.8 Å². The number of nitrogens with zero attached hydrogens (tertiary/aromatic N) is 4. The van der Waals surface area contributed by atoms with Crippen LogP contribution in [0.15, 0.2) is 47.4 Å². The zero-order chi connectivity index (χ0) is 20.3. The minimum atomic E-state index is -3.61. The van der Waals surface area contributed by atoms with E-state index in [1.165, 1.54) is 21.3 Å². The van der Waals surface area contributed by atoms with Gasteiger partial charge in [0.2, 0.25) is 10.0 Å². The summed E-state index contributed by atoms with van der Waals surface area (Å²) < 4.78 is 38.0. The van der Waals surface area contributed by atoms with Gasteiger partial charge in [-0.25, -0.2) is 8.42 Å². The number of sulfonamides is 1. The maximum absolute atomic E-state index is 12.9. The van der Waals surface area contributed by atoms with E-state index < -0.39 is 10.0 Å². The molecule has 1 saturated heterocycles. The van der Waals surface area contributed by atoms with E-state index in [-0.39, 0.29) is 11.5 Å². The summed E-state index contributed by atoms with van der Waals surface area (Å²) in [6, 6.07) is 12.4. The van der Waals surface area contributed by atoms with E-state index in [1.54, 1.807) is 6.07 Å². The first kappa shape index (κ1) is 19.6. The van der Waals surface area contributed by atoms with Crippen molar-refractivity contribution in [1.82, 2.24) is 19.5 Å². The number of morpholine rings is 1. The molecule has 2 heterocycles. The van der Waals surface area contributed by atoms with Crippen LogP contribution in [0, 0.1) is 6.92 Å². The van der Waals surface area contributed by atoms with Crippen molar-refractivity contribution in [1.29, 1.82) is 0 Å². The summed E-state index contributed by atoms with van der Waals surface area (Å²) in [6.45, 7) is 4.02. The molecular formula is C19H22N4O5S. The predicted octanol–water partition coefficient (Wildman–Crippen LogP) is 1.27. The van der Waals surface area contributed by atoms with Crippen LogP contribution >= 0.6 is 0 Å². The maximum Gasteiger partial charge on any atom is 0.243 e. The van der Waals surface area contributed by atoms with Gasteiger partial charge in [-0.1, -0.05) is 22.5 Å². The Morgan fingerprint density at radius 1 is 1.07 bits per heavy atom. The van der Waals surface area contributed by atoms with Crippen LogP contribution in [0.2, 0.25) is 0 Å². The van der Waals surface area contributed by atoms with E-state index in [2.05, 4.69) is 10.3 Å². The van der Waals surface area contributed by atoms with Crippen LogP contribution in [0.3, 0.4) is 0 Å². The van der Waals surface area contributed by atoms with Crippen LogP contribution in [-0.4, -0.2) is 67.4 Å². The lowest BCUT2D eigenvalue weighted by Crippen LogP contribution is -2.40. The number of hydrogen-bond donors (Lipinski definition) is 0. The first-order chi connectivity index (χ1) is 14.0. The molecule has 0 amide bonds. The van der Waals surface area contributed by atoms with Crippen molar-refractivity contribution in [2.75, 3.05) is 39.5 Å². The van der Waals surface area contributed by atoms with E-state index in [4.69, 9.17) is 14.3 Å². The summed E-state index contributed by atoms with van der Waals surface area (Å²) >= 11 is 0. The molecule has 1 aliphatic rings. The Morgan fingerprint density at radius 2 is 1.83 bits per heavy atom. The molecule has 0 spiro atoms. The van der Waals surface area contributed by atoms with Gasteiger partial charge in [0.1, 0.15) is 23.4 Å². The van der Waals surface area contributed by atoms with Crippen LogP contribution < -0.4 is 9.57 Å². The Morgan fingerprint density at radius 3 is 2.59 bits per heavy atom. The molecule has 1 fully saturated rings. The smallest absolute Gasteiger partial charge is 0.243 e. The fourth-order valence-corrected chi connectivity index (χ4v) is 4.42. The number of hydrogen-bond acceptors (Lipinski definition) is 7. The molecule has 10 heteroatoms. The molecule has 9 nitrogen and oxygen atoms in total. The van der Waals surface area contributed by atoms with Crippen LogP contribution in [0.25, 0.3) is 11.0 Å². The minimum Gasteiger partial charge on any atom is -0.490 e. The van der Waals surface area contributed by atoms with Gasteiger partial charge >= 0.3 is 0 Å². The van der Waals surface area contributed by atoms with E-state index >= 15 is 0 Å². The van der Waals surface area contributed by atoms with Gasteiger partial charge in [0.25, 0.3) is 0 Å². The summed E-state index contributed by atoms with van der Waals surface area (Å²) in [6.07, 6.45) is 0. The summed E-state index contributed by atoms with van der Waals surface area (Å²) in [5.41, 5.74) is 2.19. The van der Waals surface area contributed by atoms with E-state index in [9.17, 15) is 8.42 Å². The molecule has 0 unspecified atom stereocenters. The van der Waals surface area contributed by atoms with E-state index in [0.717, 1.165) is 11.3 Å². The fourth-order valence-electron chi connectivity index (χ4n) is 2.99. The Kier molecular flexibility index (Phi) is 5.65. The number of aromatic nitrogens is 3. The highest BCUT2D eigenvalue weighted by molar-refractivity contribution is 7.89. The second-order valence-electron chi connectivity index (χ2n) is 6.62. The second kappa shape index (κ2) is 8.36. The maximum atomic E-state index is 12.9. The van der Waals surface area contributed by atoms with Gasteiger partial charge in [0, 0.05) is 13.1 Å². The minimum absolute atomic E-state index is 0.176. The summed E-state index contributed by atoms with van der Waals surface area (Å²) in [7, 11) is -3.61. The van der Waals surface area contributed by atoms with Gasteiger partial charge in [-0.2, -0.15) is 4.31 Å². The molecule has 29 heavy (non-hydrogen) atoms.